The van der Waals surface area contributed by atoms with E-state index in [-0.39, 0.29) is 30.0 Å². The lowest BCUT2D eigenvalue weighted by molar-refractivity contribution is 0.298. The zero-order valence-corrected chi connectivity index (χ0v) is 21.6. The smallest absolute Gasteiger partial charge is 0.191 e. The molecule has 0 radical (unpaired) electrons. The minimum Gasteiger partial charge on any atom is -0.497 e. The molecule has 0 aliphatic carbocycles. The summed E-state index contributed by atoms with van der Waals surface area (Å²) in [7, 11) is 9.12. The standard InChI is InChI=1S/C23H34N4O3.HI/c1-7-24-23(25-15-18-10-13-20(29-5)14-22(18)30-6)26-16-21(27(2)3)17-8-11-19(28-4)12-9-17;/h8-14,21H,7,15-16H2,1-6H3,(H2,24,25,26);1H. The van der Waals surface area contributed by atoms with Gasteiger partial charge in [-0.15, -0.1) is 24.0 Å². The van der Waals surface area contributed by atoms with Crippen molar-refractivity contribution >= 4 is 29.9 Å². The van der Waals surface area contributed by atoms with Crippen LogP contribution in [-0.2, 0) is 6.54 Å². The van der Waals surface area contributed by atoms with E-state index in [0.29, 0.717) is 13.1 Å². The summed E-state index contributed by atoms with van der Waals surface area (Å²) in [6.07, 6.45) is 0. The number of hydrogen-bond donors (Lipinski definition) is 2. The molecule has 1 unspecified atom stereocenters. The molecule has 0 spiro atoms. The molecular formula is C23H35IN4O3. The van der Waals surface area contributed by atoms with Crippen molar-refractivity contribution in [3.8, 4) is 17.2 Å². The second kappa shape index (κ2) is 14.0. The maximum atomic E-state index is 5.48. The van der Waals surface area contributed by atoms with Crippen LogP contribution in [0.1, 0.15) is 24.1 Å². The molecule has 0 bridgehead atoms. The summed E-state index contributed by atoms with van der Waals surface area (Å²) in [5.41, 5.74) is 2.20. The summed E-state index contributed by atoms with van der Waals surface area (Å²) in [6.45, 7) is 4.04. The summed E-state index contributed by atoms with van der Waals surface area (Å²) in [4.78, 5) is 6.92. The highest BCUT2D eigenvalue weighted by Gasteiger charge is 2.15. The maximum Gasteiger partial charge on any atom is 0.191 e. The average Bonchev–Trinajstić information content (AvgIpc) is 2.77. The fourth-order valence-electron chi connectivity index (χ4n) is 3.11. The van der Waals surface area contributed by atoms with Gasteiger partial charge in [0.1, 0.15) is 17.2 Å². The van der Waals surface area contributed by atoms with Gasteiger partial charge in [0.15, 0.2) is 5.96 Å². The highest BCUT2D eigenvalue weighted by Crippen LogP contribution is 2.25. The Labute approximate surface area is 203 Å². The fourth-order valence-corrected chi connectivity index (χ4v) is 3.11. The van der Waals surface area contributed by atoms with E-state index in [1.54, 1.807) is 21.3 Å². The van der Waals surface area contributed by atoms with Crippen LogP contribution in [-0.4, -0.2) is 59.4 Å². The van der Waals surface area contributed by atoms with Crippen LogP contribution >= 0.6 is 24.0 Å². The SMILES string of the molecule is CCNC(=NCc1ccc(OC)cc1OC)NCC(c1ccc(OC)cc1)N(C)C.I. The van der Waals surface area contributed by atoms with Gasteiger partial charge in [0.25, 0.3) is 0 Å². The van der Waals surface area contributed by atoms with Gasteiger partial charge in [0.2, 0.25) is 0 Å². The van der Waals surface area contributed by atoms with Gasteiger partial charge in [-0.2, -0.15) is 0 Å². The quantitative estimate of drug-likeness (QED) is 0.271. The minimum absolute atomic E-state index is 0. The Balaban J connectivity index is 0.00000480. The third-order valence-electron chi connectivity index (χ3n) is 4.83. The van der Waals surface area contributed by atoms with Crippen molar-refractivity contribution in [3.05, 3.63) is 53.6 Å². The van der Waals surface area contributed by atoms with Crippen molar-refractivity contribution in [3.63, 3.8) is 0 Å². The largest absolute Gasteiger partial charge is 0.497 e. The predicted molar refractivity (Wildman–Crippen MR) is 137 cm³/mol. The summed E-state index contributed by atoms with van der Waals surface area (Å²) < 4.78 is 16.0. The van der Waals surface area contributed by atoms with E-state index >= 15 is 0 Å². The van der Waals surface area contributed by atoms with E-state index in [4.69, 9.17) is 19.2 Å². The highest BCUT2D eigenvalue weighted by atomic mass is 127. The number of ether oxygens (including phenoxy) is 3. The molecule has 1 atom stereocenters. The van der Waals surface area contributed by atoms with Gasteiger partial charge in [-0.3, -0.25) is 0 Å². The first-order valence-corrected chi connectivity index (χ1v) is 10.1. The molecular weight excluding hydrogens is 507 g/mol. The van der Waals surface area contributed by atoms with Crippen LogP contribution in [0.15, 0.2) is 47.5 Å². The molecule has 0 aromatic heterocycles. The van der Waals surface area contributed by atoms with Crippen LogP contribution in [0.3, 0.4) is 0 Å². The van der Waals surface area contributed by atoms with Crippen molar-refractivity contribution in [2.75, 3.05) is 48.5 Å². The Hall–Kier alpha value is -2.20. The zero-order valence-electron chi connectivity index (χ0n) is 19.3. The molecule has 0 aliphatic heterocycles. The molecule has 8 heteroatoms. The zero-order chi connectivity index (χ0) is 21.9. The van der Waals surface area contributed by atoms with E-state index < -0.39 is 0 Å². The molecule has 172 valence electrons. The number of benzene rings is 2. The van der Waals surface area contributed by atoms with Crippen LogP contribution in [0.2, 0.25) is 0 Å². The molecule has 2 N–H and O–H groups in total. The van der Waals surface area contributed by atoms with Crippen molar-refractivity contribution in [2.24, 2.45) is 4.99 Å². The normalized spacial score (nSPS) is 12.0. The fraction of sp³-hybridized carbons (Fsp3) is 0.435. The molecule has 0 saturated heterocycles. The Morgan fingerprint density at radius 3 is 2.13 bits per heavy atom. The van der Waals surface area contributed by atoms with Gasteiger partial charge in [-0.25, -0.2) is 4.99 Å². The summed E-state index contributed by atoms with van der Waals surface area (Å²) >= 11 is 0. The first kappa shape index (κ1) is 26.8. The maximum absolute atomic E-state index is 5.48. The van der Waals surface area contributed by atoms with Crippen LogP contribution < -0.4 is 24.8 Å². The third kappa shape index (κ3) is 8.10. The van der Waals surface area contributed by atoms with Crippen LogP contribution in [0, 0.1) is 0 Å². The van der Waals surface area contributed by atoms with E-state index in [9.17, 15) is 0 Å². The van der Waals surface area contributed by atoms with E-state index in [1.165, 1.54) is 5.56 Å². The van der Waals surface area contributed by atoms with Crippen LogP contribution in [0.25, 0.3) is 0 Å². The number of rotatable bonds is 10. The first-order chi connectivity index (χ1) is 14.5. The lowest BCUT2D eigenvalue weighted by Crippen LogP contribution is -2.41. The summed E-state index contributed by atoms with van der Waals surface area (Å²) in [6, 6.07) is 14.1. The molecule has 0 heterocycles. The van der Waals surface area contributed by atoms with E-state index in [0.717, 1.165) is 35.3 Å². The van der Waals surface area contributed by atoms with Crippen LogP contribution in [0.4, 0.5) is 0 Å². The Morgan fingerprint density at radius 1 is 0.935 bits per heavy atom. The monoisotopic (exact) mass is 542 g/mol. The lowest BCUT2D eigenvalue weighted by atomic mass is 10.1. The first-order valence-electron chi connectivity index (χ1n) is 10.1. The van der Waals surface area contributed by atoms with Crippen LogP contribution in [0.5, 0.6) is 17.2 Å². The molecule has 0 aliphatic rings. The number of likely N-dealkylation sites (N-methyl/N-ethyl adjacent to an activating group) is 1. The molecule has 31 heavy (non-hydrogen) atoms. The molecule has 2 rings (SSSR count). The Kier molecular flexibility index (Phi) is 12.1. The molecule has 2 aromatic rings. The summed E-state index contributed by atoms with van der Waals surface area (Å²) in [5, 5.41) is 6.77. The number of nitrogens with zero attached hydrogens (tertiary/aromatic N) is 2. The number of aliphatic imine (C=N–C) groups is 1. The third-order valence-corrected chi connectivity index (χ3v) is 4.83. The second-order valence-corrected chi connectivity index (χ2v) is 7.01. The Bertz CT molecular complexity index is 813. The number of hydrogen-bond acceptors (Lipinski definition) is 5. The molecule has 0 fully saturated rings. The van der Waals surface area contributed by atoms with Gasteiger partial charge in [0, 0.05) is 24.7 Å². The van der Waals surface area contributed by atoms with Gasteiger partial charge in [0.05, 0.1) is 33.9 Å². The molecule has 7 nitrogen and oxygen atoms in total. The number of guanidine groups is 1. The van der Waals surface area contributed by atoms with Gasteiger partial charge >= 0.3 is 0 Å². The summed E-state index contributed by atoms with van der Waals surface area (Å²) in [5.74, 6) is 3.14. The minimum atomic E-state index is 0. The van der Waals surface area contributed by atoms with Gasteiger partial charge in [-0.05, 0) is 50.8 Å². The van der Waals surface area contributed by atoms with Crippen molar-refractivity contribution in [1.82, 2.24) is 15.5 Å². The highest BCUT2D eigenvalue weighted by molar-refractivity contribution is 14.0. The molecule has 0 amide bonds. The van der Waals surface area contributed by atoms with E-state index in [2.05, 4.69) is 48.7 Å². The average molecular weight is 542 g/mol. The lowest BCUT2D eigenvalue weighted by Gasteiger charge is -2.26. The van der Waals surface area contributed by atoms with E-state index in [1.807, 2.05) is 30.3 Å². The van der Waals surface area contributed by atoms with Gasteiger partial charge < -0.3 is 29.7 Å². The van der Waals surface area contributed by atoms with Crippen molar-refractivity contribution in [1.29, 1.82) is 0 Å². The number of methoxy groups -OCH3 is 3. The van der Waals surface area contributed by atoms with Crippen molar-refractivity contribution < 1.29 is 14.2 Å². The number of halogens is 1. The Morgan fingerprint density at radius 2 is 1.58 bits per heavy atom. The molecule has 2 aromatic carbocycles. The van der Waals surface area contributed by atoms with Crippen molar-refractivity contribution in [2.45, 2.75) is 19.5 Å². The number of nitrogens with one attached hydrogen (secondary N) is 2. The predicted octanol–water partition coefficient (Wildman–Crippen LogP) is 3.69. The molecule has 0 saturated carbocycles. The second-order valence-electron chi connectivity index (χ2n) is 7.01. The van der Waals surface area contributed by atoms with Gasteiger partial charge in [-0.1, -0.05) is 12.1 Å². The topological polar surface area (TPSA) is 67.4 Å².